The quantitative estimate of drug-likeness (QED) is 0.432. The summed E-state index contributed by atoms with van der Waals surface area (Å²) in [6, 6.07) is 20.2. The van der Waals surface area contributed by atoms with E-state index in [0.29, 0.717) is 29.5 Å². The number of aromatic nitrogens is 4. The van der Waals surface area contributed by atoms with E-state index in [1.165, 1.54) is 27.5 Å². The van der Waals surface area contributed by atoms with Crippen LogP contribution in [0.1, 0.15) is 12.5 Å². The molecule has 1 amide bonds. The molecule has 9 heteroatoms. The van der Waals surface area contributed by atoms with Gasteiger partial charge in [-0.15, -0.1) is 5.10 Å². The van der Waals surface area contributed by atoms with Gasteiger partial charge in [0.1, 0.15) is 5.52 Å². The SMILES string of the molecule is CCc1ccc(-c2cc3c(=O)[nH]nc(SCC(=O)N4CCN(c5ccccc5)CC4)n3n2)cc1. The average molecular weight is 475 g/mol. The molecule has 4 aromatic rings. The van der Waals surface area contributed by atoms with Gasteiger partial charge in [-0.2, -0.15) is 5.10 Å². The minimum Gasteiger partial charge on any atom is -0.368 e. The fourth-order valence-corrected chi connectivity index (χ4v) is 4.91. The lowest BCUT2D eigenvalue weighted by Gasteiger charge is -2.36. The Kier molecular flexibility index (Phi) is 6.35. The van der Waals surface area contributed by atoms with Crippen molar-refractivity contribution in [2.24, 2.45) is 0 Å². The number of H-pyrrole nitrogens is 1. The molecular weight excluding hydrogens is 448 g/mol. The zero-order valence-electron chi connectivity index (χ0n) is 19.0. The molecule has 0 aliphatic carbocycles. The van der Waals surface area contributed by atoms with Gasteiger partial charge in [-0.25, -0.2) is 9.61 Å². The topological polar surface area (TPSA) is 86.6 Å². The molecular formula is C25H26N6O2S. The van der Waals surface area contributed by atoms with Gasteiger partial charge in [0, 0.05) is 37.4 Å². The molecule has 3 heterocycles. The summed E-state index contributed by atoms with van der Waals surface area (Å²) in [5.74, 6) is 0.293. The second kappa shape index (κ2) is 9.72. The van der Waals surface area contributed by atoms with E-state index >= 15 is 0 Å². The number of anilines is 1. The third-order valence-corrected chi connectivity index (χ3v) is 7.03. The van der Waals surface area contributed by atoms with E-state index in [0.717, 1.165) is 25.1 Å². The number of para-hydroxylation sites is 1. The van der Waals surface area contributed by atoms with Gasteiger partial charge in [-0.1, -0.05) is 61.2 Å². The van der Waals surface area contributed by atoms with Crippen molar-refractivity contribution in [2.75, 3.05) is 36.8 Å². The number of carbonyl (C=O) groups is 1. The Morgan fingerprint density at radius 2 is 1.76 bits per heavy atom. The number of aryl methyl sites for hydroxylation is 1. The Hall–Kier alpha value is -3.59. The Bertz CT molecular complexity index is 1340. The number of thioether (sulfide) groups is 1. The van der Waals surface area contributed by atoms with Crippen molar-refractivity contribution >= 4 is 28.9 Å². The molecule has 1 aliphatic rings. The van der Waals surface area contributed by atoms with E-state index in [4.69, 9.17) is 0 Å². The molecule has 0 radical (unpaired) electrons. The number of rotatable bonds is 6. The van der Waals surface area contributed by atoms with E-state index in [1.807, 2.05) is 35.2 Å². The molecule has 2 aromatic heterocycles. The molecule has 2 aromatic carbocycles. The van der Waals surface area contributed by atoms with E-state index in [2.05, 4.69) is 51.4 Å². The number of nitrogens with zero attached hydrogens (tertiary/aromatic N) is 5. The van der Waals surface area contributed by atoms with Crippen LogP contribution in [-0.2, 0) is 11.2 Å². The third kappa shape index (κ3) is 4.56. The Balaban J connectivity index is 1.26. The number of nitrogens with one attached hydrogen (secondary N) is 1. The fraction of sp³-hybridized carbons (Fsp3) is 0.280. The van der Waals surface area contributed by atoms with Gasteiger partial charge in [0.25, 0.3) is 5.56 Å². The Morgan fingerprint density at radius 3 is 2.47 bits per heavy atom. The largest absolute Gasteiger partial charge is 0.368 e. The number of hydrogen-bond acceptors (Lipinski definition) is 6. The molecule has 0 spiro atoms. The van der Waals surface area contributed by atoms with E-state index < -0.39 is 0 Å². The van der Waals surface area contributed by atoms with Gasteiger partial charge >= 0.3 is 0 Å². The van der Waals surface area contributed by atoms with Crippen LogP contribution in [0.15, 0.2) is 70.6 Å². The number of aromatic amines is 1. The van der Waals surface area contributed by atoms with Crippen molar-refractivity contribution in [2.45, 2.75) is 18.5 Å². The Labute approximate surface area is 201 Å². The highest BCUT2D eigenvalue weighted by Gasteiger charge is 2.22. The summed E-state index contributed by atoms with van der Waals surface area (Å²) < 4.78 is 1.53. The first kappa shape index (κ1) is 22.2. The lowest BCUT2D eigenvalue weighted by molar-refractivity contribution is -0.128. The monoisotopic (exact) mass is 474 g/mol. The van der Waals surface area contributed by atoms with Gasteiger partial charge in [-0.05, 0) is 30.2 Å². The highest BCUT2D eigenvalue weighted by Crippen LogP contribution is 2.23. The van der Waals surface area contributed by atoms with Crippen molar-refractivity contribution < 1.29 is 4.79 Å². The summed E-state index contributed by atoms with van der Waals surface area (Å²) in [6.45, 7) is 5.09. The molecule has 0 bridgehead atoms. The van der Waals surface area contributed by atoms with Crippen molar-refractivity contribution in [3.05, 3.63) is 76.6 Å². The molecule has 0 saturated carbocycles. The van der Waals surface area contributed by atoms with E-state index in [1.54, 1.807) is 6.07 Å². The van der Waals surface area contributed by atoms with Gasteiger partial charge in [0.15, 0.2) is 0 Å². The highest BCUT2D eigenvalue weighted by atomic mass is 32.2. The van der Waals surface area contributed by atoms with Crippen molar-refractivity contribution in [1.29, 1.82) is 0 Å². The minimum atomic E-state index is -0.309. The van der Waals surface area contributed by atoms with Crippen molar-refractivity contribution in [3.63, 3.8) is 0 Å². The lowest BCUT2D eigenvalue weighted by atomic mass is 10.1. The average Bonchev–Trinajstić information content (AvgIpc) is 3.35. The smallest absolute Gasteiger partial charge is 0.290 e. The van der Waals surface area contributed by atoms with E-state index in [-0.39, 0.29) is 17.2 Å². The second-order valence-corrected chi connectivity index (χ2v) is 9.15. The molecule has 174 valence electrons. The zero-order valence-corrected chi connectivity index (χ0v) is 19.8. The molecule has 34 heavy (non-hydrogen) atoms. The zero-order chi connectivity index (χ0) is 23.5. The molecule has 5 rings (SSSR count). The summed E-state index contributed by atoms with van der Waals surface area (Å²) in [7, 11) is 0. The molecule has 0 atom stereocenters. The molecule has 1 N–H and O–H groups in total. The van der Waals surface area contributed by atoms with Crippen LogP contribution in [0.3, 0.4) is 0 Å². The van der Waals surface area contributed by atoms with Crippen LogP contribution in [0.5, 0.6) is 0 Å². The third-order valence-electron chi connectivity index (χ3n) is 6.11. The number of carbonyl (C=O) groups excluding carboxylic acids is 1. The predicted octanol–water partition coefficient (Wildman–Crippen LogP) is 3.09. The van der Waals surface area contributed by atoms with Crippen LogP contribution in [0.4, 0.5) is 5.69 Å². The van der Waals surface area contributed by atoms with Crippen LogP contribution >= 0.6 is 11.8 Å². The van der Waals surface area contributed by atoms with Crippen LogP contribution in [0.2, 0.25) is 0 Å². The van der Waals surface area contributed by atoms with Gasteiger partial charge in [0.05, 0.1) is 11.4 Å². The van der Waals surface area contributed by atoms with Gasteiger partial charge < -0.3 is 9.80 Å². The summed E-state index contributed by atoms with van der Waals surface area (Å²) in [5.41, 5.74) is 4.16. The highest BCUT2D eigenvalue weighted by molar-refractivity contribution is 7.99. The van der Waals surface area contributed by atoms with Crippen LogP contribution in [0.25, 0.3) is 16.8 Å². The minimum absolute atomic E-state index is 0.0568. The van der Waals surface area contributed by atoms with Crippen molar-refractivity contribution in [1.82, 2.24) is 24.7 Å². The predicted molar refractivity (Wildman–Crippen MR) is 134 cm³/mol. The first-order valence-corrected chi connectivity index (χ1v) is 12.4. The van der Waals surface area contributed by atoms with Gasteiger partial charge in [-0.3, -0.25) is 9.59 Å². The summed E-state index contributed by atoms with van der Waals surface area (Å²) in [4.78, 5) is 29.4. The second-order valence-electron chi connectivity index (χ2n) is 8.20. The van der Waals surface area contributed by atoms with Crippen LogP contribution < -0.4 is 10.5 Å². The van der Waals surface area contributed by atoms with Crippen LogP contribution in [0, 0.1) is 0 Å². The number of amides is 1. The number of fused-ring (bicyclic) bond motifs is 1. The molecule has 1 saturated heterocycles. The molecule has 1 fully saturated rings. The standard InChI is InChI=1S/C25H26N6O2S/c1-2-18-8-10-19(11-9-18)21-16-22-24(33)26-27-25(31(22)28-21)34-17-23(32)30-14-12-29(13-15-30)20-6-4-3-5-7-20/h3-11,16H,2,12-15,17H2,1H3,(H,26,33). The fourth-order valence-electron chi connectivity index (χ4n) is 4.11. The summed E-state index contributed by atoms with van der Waals surface area (Å²) in [5, 5.41) is 11.8. The normalized spacial score (nSPS) is 14.0. The van der Waals surface area contributed by atoms with Gasteiger partial charge in [0.2, 0.25) is 11.1 Å². The summed E-state index contributed by atoms with van der Waals surface area (Å²) >= 11 is 1.29. The van der Waals surface area contributed by atoms with Crippen molar-refractivity contribution in [3.8, 4) is 11.3 Å². The number of hydrogen-bond donors (Lipinski definition) is 1. The summed E-state index contributed by atoms with van der Waals surface area (Å²) in [6.07, 6.45) is 0.963. The molecule has 1 aliphatic heterocycles. The Morgan fingerprint density at radius 1 is 1.03 bits per heavy atom. The first-order valence-electron chi connectivity index (χ1n) is 11.4. The maximum atomic E-state index is 12.9. The lowest BCUT2D eigenvalue weighted by Crippen LogP contribution is -2.49. The maximum absolute atomic E-state index is 12.9. The molecule has 0 unspecified atom stereocenters. The van der Waals surface area contributed by atoms with Crippen LogP contribution in [-0.4, -0.2) is 62.6 Å². The molecule has 8 nitrogen and oxygen atoms in total. The maximum Gasteiger partial charge on any atom is 0.290 e. The number of benzene rings is 2. The van der Waals surface area contributed by atoms with E-state index in [9.17, 15) is 9.59 Å². The number of piperazine rings is 1. The first-order chi connectivity index (χ1) is 16.6.